The van der Waals surface area contributed by atoms with Crippen molar-refractivity contribution in [1.29, 1.82) is 0 Å². The molecule has 0 aliphatic carbocycles. The van der Waals surface area contributed by atoms with Crippen LogP contribution in [0, 0.1) is 0 Å². The van der Waals surface area contributed by atoms with Crippen molar-refractivity contribution in [3.63, 3.8) is 0 Å². The van der Waals surface area contributed by atoms with Gasteiger partial charge in [0.1, 0.15) is 13.2 Å². The van der Waals surface area contributed by atoms with E-state index >= 15 is 0 Å². The summed E-state index contributed by atoms with van der Waals surface area (Å²) in [7, 11) is 0. The highest BCUT2D eigenvalue weighted by atomic mass is 16.6. The van der Waals surface area contributed by atoms with Crippen LogP contribution >= 0.6 is 0 Å². The van der Waals surface area contributed by atoms with Gasteiger partial charge in [0.05, 0.1) is 0 Å². The minimum absolute atomic E-state index is 0.0830. The summed E-state index contributed by atoms with van der Waals surface area (Å²) in [5, 5.41) is 0. The highest BCUT2D eigenvalue weighted by Gasteiger charge is 2.19. The van der Waals surface area contributed by atoms with Crippen molar-refractivity contribution >= 4 is 17.9 Å². The molecule has 0 saturated carbocycles. The fraction of sp³-hybridized carbons (Fsp3) is 0.814. The molecule has 0 bridgehead atoms. The first-order valence-electron chi connectivity index (χ1n) is 33.3. The number of hydrogen-bond donors (Lipinski definition) is 0. The van der Waals surface area contributed by atoms with Gasteiger partial charge in [0.2, 0.25) is 0 Å². The highest BCUT2D eigenvalue weighted by molar-refractivity contribution is 5.71. The molecule has 0 rings (SSSR count). The molecule has 1 unspecified atom stereocenters. The molecule has 6 nitrogen and oxygen atoms in total. The lowest BCUT2D eigenvalue weighted by Gasteiger charge is -2.18. The Labute approximate surface area is 472 Å². The van der Waals surface area contributed by atoms with Crippen LogP contribution in [0.2, 0.25) is 0 Å². The zero-order chi connectivity index (χ0) is 55.0. The molecule has 0 aromatic rings. The van der Waals surface area contributed by atoms with E-state index in [1.54, 1.807) is 0 Å². The van der Waals surface area contributed by atoms with E-state index in [0.717, 1.165) is 96.3 Å². The predicted molar refractivity (Wildman–Crippen MR) is 330 cm³/mol. The lowest BCUT2D eigenvalue weighted by molar-refractivity contribution is -0.167. The molecular weight excluding hydrogens is 937 g/mol. The Morgan fingerprint density at radius 1 is 0.276 bits per heavy atom. The molecule has 0 fully saturated rings. The van der Waals surface area contributed by atoms with Crippen LogP contribution in [0.5, 0.6) is 0 Å². The number of carbonyl (C=O) groups is 3. The number of ether oxygens (including phenoxy) is 3. The molecule has 6 heteroatoms. The van der Waals surface area contributed by atoms with Gasteiger partial charge in [-0.05, 0) is 64.2 Å². The van der Waals surface area contributed by atoms with Crippen molar-refractivity contribution in [2.75, 3.05) is 13.2 Å². The molecule has 1 atom stereocenters. The third kappa shape index (κ3) is 62.0. The summed E-state index contributed by atoms with van der Waals surface area (Å²) < 4.78 is 16.9. The average molecular weight is 1060 g/mol. The zero-order valence-electron chi connectivity index (χ0n) is 50.8. The molecule has 0 radical (unpaired) electrons. The first-order valence-corrected chi connectivity index (χ1v) is 33.3. The molecule has 0 aliphatic heterocycles. The molecule has 0 aromatic carbocycles. The number of unbranched alkanes of at least 4 members (excludes halogenated alkanes) is 40. The first kappa shape index (κ1) is 73.1. The SMILES string of the molecule is CC/C=C\C/C=C\C/C=C\C/C=C\C/C=C\CCCCCC(=O)OC(COC(=O)CCCCCCCCCCCCCCCCCCC)COC(=O)CCCCCCCCCCCCCCCCCCCCCCCC. The van der Waals surface area contributed by atoms with E-state index in [9.17, 15) is 14.4 Å². The molecular formula is C70H126O6. The maximum Gasteiger partial charge on any atom is 0.306 e. The standard InChI is InChI=1S/C70H126O6/c1-4-7-10-13-16-19-22-25-28-31-33-34-35-37-39-42-45-48-51-54-57-60-63-69(72)75-66-67(65-74-68(71)62-59-56-53-50-47-44-41-38-30-27-24-21-18-15-12-9-6-3)76-70(73)64-61-58-55-52-49-46-43-40-36-32-29-26-23-20-17-14-11-8-5-2/h8,11,17,20,26,29,36,40,46,49,67H,4-7,9-10,12-16,18-19,21-25,27-28,30-35,37-39,41-45,47-48,50-66H2,1-3H3/b11-8-,20-17-,29-26-,40-36-,49-46-. The van der Waals surface area contributed by atoms with E-state index < -0.39 is 6.10 Å². The predicted octanol–water partition coefficient (Wildman–Crippen LogP) is 22.7. The van der Waals surface area contributed by atoms with Crippen LogP contribution in [0.4, 0.5) is 0 Å². The molecule has 0 saturated heterocycles. The van der Waals surface area contributed by atoms with Crippen molar-refractivity contribution in [2.45, 2.75) is 354 Å². The fourth-order valence-electron chi connectivity index (χ4n) is 9.83. The van der Waals surface area contributed by atoms with Crippen LogP contribution in [0.3, 0.4) is 0 Å². The minimum Gasteiger partial charge on any atom is -0.462 e. The van der Waals surface area contributed by atoms with Crippen molar-refractivity contribution in [3.05, 3.63) is 60.8 Å². The van der Waals surface area contributed by atoms with Gasteiger partial charge in [0, 0.05) is 19.3 Å². The van der Waals surface area contributed by atoms with Gasteiger partial charge in [0.15, 0.2) is 6.10 Å². The highest BCUT2D eigenvalue weighted by Crippen LogP contribution is 2.18. The van der Waals surface area contributed by atoms with E-state index in [-0.39, 0.29) is 31.1 Å². The summed E-state index contributed by atoms with van der Waals surface area (Å²) in [6.07, 6.45) is 82.3. The van der Waals surface area contributed by atoms with Gasteiger partial charge in [-0.25, -0.2) is 0 Å². The summed E-state index contributed by atoms with van der Waals surface area (Å²) in [5.74, 6) is -0.892. The largest absolute Gasteiger partial charge is 0.462 e. The van der Waals surface area contributed by atoms with Crippen molar-refractivity contribution in [1.82, 2.24) is 0 Å². The van der Waals surface area contributed by atoms with Gasteiger partial charge >= 0.3 is 17.9 Å². The Bertz CT molecular complexity index is 1360. The molecule has 0 N–H and O–H groups in total. The Morgan fingerprint density at radius 2 is 0.513 bits per heavy atom. The number of allylic oxidation sites excluding steroid dienone is 10. The fourth-order valence-corrected chi connectivity index (χ4v) is 9.83. The number of carbonyl (C=O) groups excluding carboxylic acids is 3. The Morgan fingerprint density at radius 3 is 0.803 bits per heavy atom. The van der Waals surface area contributed by atoms with Crippen LogP contribution in [0.1, 0.15) is 348 Å². The average Bonchev–Trinajstić information content (AvgIpc) is 3.42. The summed E-state index contributed by atoms with van der Waals surface area (Å²) in [6.45, 7) is 6.56. The molecule has 0 aliphatic rings. The molecule has 0 spiro atoms. The third-order valence-electron chi connectivity index (χ3n) is 14.8. The molecule has 442 valence electrons. The lowest BCUT2D eigenvalue weighted by Crippen LogP contribution is -2.30. The van der Waals surface area contributed by atoms with Gasteiger partial charge in [-0.15, -0.1) is 0 Å². The molecule has 0 aromatic heterocycles. The van der Waals surface area contributed by atoms with Crippen LogP contribution in [0.15, 0.2) is 60.8 Å². The van der Waals surface area contributed by atoms with E-state index in [0.29, 0.717) is 19.3 Å². The Kier molecular flexibility index (Phi) is 62.2. The van der Waals surface area contributed by atoms with E-state index in [1.165, 1.54) is 212 Å². The van der Waals surface area contributed by atoms with E-state index in [4.69, 9.17) is 14.2 Å². The van der Waals surface area contributed by atoms with Crippen molar-refractivity contribution in [3.8, 4) is 0 Å². The second kappa shape index (κ2) is 64.6. The topological polar surface area (TPSA) is 78.9 Å². The minimum atomic E-state index is -0.790. The van der Waals surface area contributed by atoms with Gasteiger partial charge in [-0.3, -0.25) is 14.4 Å². The quantitative estimate of drug-likeness (QED) is 0.0261. The number of esters is 3. The second-order valence-electron chi connectivity index (χ2n) is 22.4. The lowest BCUT2D eigenvalue weighted by atomic mass is 10.0. The first-order chi connectivity index (χ1) is 37.5. The molecule has 76 heavy (non-hydrogen) atoms. The summed E-state index contributed by atoms with van der Waals surface area (Å²) in [4.78, 5) is 38.4. The van der Waals surface area contributed by atoms with Crippen LogP contribution in [-0.2, 0) is 28.6 Å². The third-order valence-corrected chi connectivity index (χ3v) is 14.8. The van der Waals surface area contributed by atoms with Gasteiger partial charge < -0.3 is 14.2 Å². The summed E-state index contributed by atoms with van der Waals surface area (Å²) in [6, 6.07) is 0. The van der Waals surface area contributed by atoms with E-state index in [1.807, 2.05) is 0 Å². The maximum absolute atomic E-state index is 12.9. The Hall–Kier alpha value is -2.89. The second-order valence-corrected chi connectivity index (χ2v) is 22.4. The molecule has 0 amide bonds. The summed E-state index contributed by atoms with van der Waals surface area (Å²) >= 11 is 0. The van der Waals surface area contributed by atoms with Gasteiger partial charge in [-0.2, -0.15) is 0 Å². The monoisotopic (exact) mass is 1060 g/mol. The smallest absolute Gasteiger partial charge is 0.306 e. The maximum atomic E-state index is 12.9. The van der Waals surface area contributed by atoms with Gasteiger partial charge in [-0.1, -0.05) is 326 Å². The zero-order valence-corrected chi connectivity index (χ0v) is 50.8. The van der Waals surface area contributed by atoms with Crippen molar-refractivity contribution < 1.29 is 28.6 Å². The van der Waals surface area contributed by atoms with E-state index in [2.05, 4.69) is 81.5 Å². The van der Waals surface area contributed by atoms with Crippen molar-refractivity contribution in [2.24, 2.45) is 0 Å². The number of rotatable bonds is 61. The summed E-state index contributed by atoms with van der Waals surface area (Å²) in [5.41, 5.74) is 0. The number of hydrogen-bond acceptors (Lipinski definition) is 6. The van der Waals surface area contributed by atoms with Crippen LogP contribution < -0.4 is 0 Å². The van der Waals surface area contributed by atoms with Crippen LogP contribution in [0.25, 0.3) is 0 Å². The normalized spacial score (nSPS) is 12.4. The van der Waals surface area contributed by atoms with Crippen LogP contribution in [-0.4, -0.2) is 37.2 Å². The molecule has 0 heterocycles. The Balaban J connectivity index is 4.36. The van der Waals surface area contributed by atoms with Gasteiger partial charge in [0.25, 0.3) is 0 Å².